The smallest absolute Gasteiger partial charge is 0.335 e. The number of aromatic nitrogens is 2. The number of carbonyl (C=O) groups is 1. The maximum absolute atomic E-state index is 11.1. The summed E-state index contributed by atoms with van der Waals surface area (Å²) in [5.41, 5.74) is 1.41. The molecule has 1 aromatic heterocycles. The molecule has 1 heterocycles. The molecule has 0 fully saturated rings. The van der Waals surface area contributed by atoms with Crippen molar-refractivity contribution in [1.82, 2.24) is 9.97 Å². The molecule has 0 saturated heterocycles. The number of aromatic carboxylic acids is 1. The van der Waals surface area contributed by atoms with Crippen LogP contribution < -0.4 is 14.8 Å². The molecule has 7 nitrogen and oxygen atoms in total. The second kappa shape index (κ2) is 6.41. The first kappa shape index (κ1) is 15.5. The van der Waals surface area contributed by atoms with Gasteiger partial charge in [-0.2, -0.15) is 0 Å². The molecule has 2 aromatic carbocycles. The van der Waals surface area contributed by atoms with Crippen LogP contribution in [0.5, 0.6) is 11.5 Å². The molecule has 2 N–H and O–H groups in total. The second-order valence-corrected chi connectivity index (χ2v) is 4.93. The van der Waals surface area contributed by atoms with Gasteiger partial charge in [0.2, 0.25) is 0 Å². The van der Waals surface area contributed by atoms with E-state index in [0.717, 1.165) is 5.39 Å². The Morgan fingerprint density at radius 2 is 1.96 bits per heavy atom. The molecule has 0 radical (unpaired) electrons. The van der Waals surface area contributed by atoms with E-state index < -0.39 is 5.97 Å². The van der Waals surface area contributed by atoms with E-state index in [-0.39, 0.29) is 5.56 Å². The van der Waals surface area contributed by atoms with E-state index in [0.29, 0.717) is 28.5 Å². The summed E-state index contributed by atoms with van der Waals surface area (Å²) >= 11 is 0. The Kier molecular flexibility index (Phi) is 4.15. The van der Waals surface area contributed by atoms with E-state index in [2.05, 4.69) is 15.3 Å². The topological polar surface area (TPSA) is 93.6 Å². The molecule has 0 unspecified atom stereocenters. The van der Waals surface area contributed by atoms with Gasteiger partial charge in [-0.15, -0.1) is 0 Å². The van der Waals surface area contributed by atoms with Gasteiger partial charge in [0, 0.05) is 11.1 Å². The van der Waals surface area contributed by atoms with Crippen LogP contribution in [0.1, 0.15) is 10.4 Å². The third-order valence-corrected chi connectivity index (χ3v) is 3.52. The molecule has 3 rings (SSSR count). The van der Waals surface area contributed by atoms with Crippen LogP contribution in [0.3, 0.4) is 0 Å². The first-order chi connectivity index (χ1) is 11.6. The second-order valence-electron chi connectivity index (χ2n) is 4.93. The summed E-state index contributed by atoms with van der Waals surface area (Å²) in [6, 6.07) is 10.1. The first-order valence-electron chi connectivity index (χ1n) is 7.10. The van der Waals surface area contributed by atoms with Crippen LogP contribution in [0.2, 0.25) is 0 Å². The fourth-order valence-corrected chi connectivity index (χ4v) is 2.41. The molecule has 0 spiro atoms. The quantitative estimate of drug-likeness (QED) is 0.744. The molecule has 0 aliphatic heterocycles. The lowest BCUT2D eigenvalue weighted by molar-refractivity contribution is 0.0697. The molecule has 0 aliphatic carbocycles. The largest absolute Gasteiger partial charge is 0.493 e. The van der Waals surface area contributed by atoms with E-state index in [9.17, 15) is 4.79 Å². The lowest BCUT2D eigenvalue weighted by Crippen LogP contribution is -2.00. The molecule has 0 aliphatic rings. The Labute approximate surface area is 137 Å². The fraction of sp³-hybridized carbons (Fsp3) is 0.118. The molecule has 0 atom stereocenters. The number of nitrogens with one attached hydrogen (secondary N) is 1. The Balaban J connectivity index is 2.07. The number of fused-ring (bicyclic) bond motifs is 1. The third-order valence-electron chi connectivity index (χ3n) is 3.52. The highest BCUT2D eigenvalue weighted by Gasteiger charge is 2.14. The van der Waals surface area contributed by atoms with Crippen molar-refractivity contribution in [2.45, 2.75) is 0 Å². The van der Waals surface area contributed by atoms with Gasteiger partial charge in [-0.1, -0.05) is 6.07 Å². The monoisotopic (exact) mass is 325 g/mol. The molecule has 0 bridgehead atoms. The van der Waals surface area contributed by atoms with Gasteiger partial charge in [-0.05, 0) is 30.3 Å². The van der Waals surface area contributed by atoms with Crippen LogP contribution >= 0.6 is 0 Å². The van der Waals surface area contributed by atoms with Gasteiger partial charge in [0.1, 0.15) is 17.7 Å². The van der Waals surface area contributed by atoms with Crippen molar-refractivity contribution in [3.05, 3.63) is 48.3 Å². The van der Waals surface area contributed by atoms with Crippen LogP contribution in [0.4, 0.5) is 11.5 Å². The van der Waals surface area contributed by atoms with Crippen LogP contribution in [0, 0.1) is 0 Å². The number of anilines is 2. The number of carboxylic acids is 1. The maximum atomic E-state index is 11.1. The number of rotatable bonds is 5. The maximum Gasteiger partial charge on any atom is 0.335 e. The number of carboxylic acid groups (broad SMARTS) is 1. The van der Waals surface area contributed by atoms with Crippen molar-refractivity contribution in [2.75, 3.05) is 19.5 Å². The molecular weight excluding hydrogens is 310 g/mol. The van der Waals surface area contributed by atoms with E-state index in [1.54, 1.807) is 32.4 Å². The fourth-order valence-electron chi connectivity index (χ4n) is 2.41. The minimum Gasteiger partial charge on any atom is -0.493 e. The zero-order valence-corrected chi connectivity index (χ0v) is 13.1. The molecular formula is C17H15N3O4. The molecule has 3 aromatic rings. The average molecular weight is 325 g/mol. The van der Waals surface area contributed by atoms with Crippen molar-refractivity contribution in [3.63, 3.8) is 0 Å². The van der Waals surface area contributed by atoms with E-state index in [1.165, 1.54) is 18.5 Å². The zero-order chi connectivity index (χ0) is 17.1. The van der Waals surface area contributed by atoms with Gasteiger partial charge in [-0.3, -0.25) is 0 Å². The summed E-state index contributed by atoms with van der Waals surface area (Å²) in [6.07, 6.45) is 1.41. The Hall–Kier alpha value is -3.35. The van der Waals surface area contributed by atoms with Crippen molar-refractivity contribution >= 4 is 28.4 Å². The number of hydrogen-bond donors (Lipinski definition) is 2. The first-order valence-corrected chi connectivity index (χ1v) is 7.10. The van der Waals surface area contributed by atoms with Gasteiger partial charge >= 0.3 is 5.97 Å². The lowest BCUT2D eigenvalue weighted by Gasteiger charge is -2.13. The highest BCUT2D eigenvalue weighted by molar-refractivity contribution is 5.96. The van der Waals surface area contributed by atoms with Crippen molar-refractivity contribution in [1.29, 1.82) is 0 Å². The van der Waals surface area contributed by atoms with E-state index >= 15 is 0 Å². The van der Waals surface area contributed by atoms with Crippen LogP contribution in [-0.2, 0) is 0 Å². The minimum atomic E-state index is -0.988. The number of hydrogen-bond acceptors (Lipinski definition) is 6. The number of nitrogens with zero attached hydrogens (tertiary/aromatic N) is 2. The standard InChI is InChI=1S/C17H15N3O4/c1-23-13-7-6-12-14(15(13)24-2)18-9-19-16(12)20-11-5-3-4-10(8-11)17(21)22/h3-9H,1-2H3,(H,21,22)(H,18,19,20). The molecule has 24 heavy (non-hydrogen) atoms. The number of benzene rings is 2. The minimum absolute atomic E-state index is 0.192. The summed E-state index contributed by atoms with van der Waals surface area (Å²) in [4.78, 5) is 19.6. The number of ether oxygens (including phenoxy) is 2. The highest BCUT2D eigenvalue weighted by atomic mass is 16.5. The lowest BCUT2D eigenvalue weighted by atomic mass is 10.1. The normalized spacial score (nSPS) is 10.4. The van der Waals surface area contributed by atoms with Crippen molar-refractivity contribution in [3.8, 4) is 11.5 Å². The van der Waals surface area contributed by atoms with E-state index in [4.69, 9.17) is 14.6 Å². The summed E-state index contributed by atoms with van der Waals surface area (Å²) in [5, 5.41) is 12.9. The summed E-state index contributed by atoms with van der Waals surface area (Å²) in [5.74, 6) is 0.642. The van der Waals surface area contributed by atoms with Gasteiger partial charge in [0.15, 0.2) is 11.5 Å². The summed E-state index contributed by atoms with van der Waals surface area (Å²) in [7, 11) is 3.10. The average Bonchev–Trinajstić information content (AvgIpc) is 2.61. The summed E-state index contributed by atoms with van der Waals surface area (Å²) in [6.45, 7) is 0. The SMILES string of the molecule is COc1ccc2c(Nc3cccc(C(=O)O)c3)ncnc2c1OC. The van der Waals surface area contributed by atoms with Crippen LogP contribution in [0.25, 0.3) is 10.9 Å². The van der Waals surface area contributed by atoms with E-state index in [1.807, 2.05) is 6.07 Å². The highest BCUT2D eigenvalue weighted by Crippen LogP contribution is 2.36. The van der Waals surface area contributed by atoms with Gasteiger partial charge in [0.25, 0.3) is 0 Å². The third kappa shape index (κ3) is 2.79. The number of methoxy groups -OCH3 is 2. The van der Waals surface area contributed by atoms with Gasteiger partial charge < -0.3 is 19.9 Å². The van der Waals surface area contributed by atoms with Gasteiger partial charge in [0.05, 0.1) is 19.8 Å². The Bertz CT molecular complexity index is 911. The molecule has 0 amide bonds. The Morgan fingerprint density at radius 1 is 1.12 bits per heavy atom. The predicted molar refractivity (Wildman–Crippen MR) is 89.3 cm³/mol. The van der Waals surface area contributed by atoms with Crippen molar-refractivity contribution in [2.24, 2.45) is 0 Å². The Morgan fingerprint density at radius 3 is 2.67 bits per heavy atom. The van der Waals surface area contributed by atoms with Crippen molar-refractivity contribution < 1.29 is 19.4 Å². The summed E-state index contributed by atoms with van der Waals surface area (Å²) < 4.78 is 10.7. The van der Waals surface area contributed by atoms with Crippen LogP contribution in [-0.4, -0.2) is 35.3 Å². The molecule has 7 heteroatoms. The predicted octanol–water partition coefficient (Wildman–Crippen LogP) is 3.09. The van der Waals surface area contributed by atoms with Crippen LogP contribution in [0.15, 0.2) is 42.7 Å². The zero-order valence-electron chi connectivity index (χ0n) is 13.1. The molecule has 0 saturated carbocycles. The molecule has 122 valence electrons. The van der Waals surface area contributed by atoms with Gasteiger partial charge in [-0.25, -0.2) is 14.8 Å².